The summed E-state index contributed by atoms with van der Waals surface area (Å²) < 4.78 is 36.2. The summed E-state index contributed by atoms with van der Waals surface area (Å²) in [6, 6.07) is 0. The molecule has 0 spiro atoms. The van der Waals surface area contributed by atoms with Gasteiger partial charge in [-0.05, 0) is 17.8 Å². The van der Waals surface area contributed by atoms with Crippen molar-refractivity contribution in [3.63, 3.8) is 0 Å². The molecule has 0 aromatic heterocycles. The van der Waals surface area contributed by atoms with Crippen molar-refractivity contribution < 1.29 is 27.9 Å². The van der Waals surface area contributed by atoms with Gasteiger partial charge in [0.2, 0.25) is 0 Å². The average Bonchev–Trinajstić information content (AvgIpc) is 2.62. The highest BCUT2D eigenvalue weighted by molar-refractivity contribution is 5.82. The van der Waals surface area contributed by atoms with E-state index in [0.29, 0.717) is 0 Å². The number of hydrogen-bond acceptors (Lipinski definition) is 2. The average molecular weight is 237 g/mol. The van der Waals surface area contributed by atoms with Gasteiger partial charge in [-0.25, -0.2) is 0 Å². The van der Waals surface area contributed by atoms with Crippen molar-refractivity contribution in [1.29, 1.82) is 0 Å². The number of carbonyl (C=O) groups is 2. The van der Waals surface area contributed by atoms with Crippen LogP contribution < -0.4 is 0 Å². The third-order valence-electron chi connectivity index (χ3n) is 3.31. The summed E-state index contributed by atoms with van der Waals surface area (Å²) >= 11 is 0. The van der Waals surface area contributed by atoms with Crippen LogP contribution in [0.25, 0.3) is 0 Å². The first-order valence-electron chi connectivity index (χ1n) is 4.88. The van der Waals surface area contributed by atoms with Gasteiger partial charge in [0.1, 0.15) is 0 Å². The Bertz CT molecular complexity index is 329. The van der Waals surface area contributed by atoms with E-state index >= 15 is 0 Å². The number of nitrogens with zero attached hydrogens (tertiary/aromatic N) is 1. The zero-order valence-corrected chi connectivity index (χ0v) is 8.20. The molecule has 2 fully saturated rings. The van der Waals surface area contributed by atoms with E-state index in [1.165, 1.54) is 0 Å². The number of aliphatic carboxylic acids is 1. The van der Waals surface area contributed by atoms with Gasteiger partial charge in [0, 0.05) is 19.5 Å². The molecule has 0 bridgehead atoms. The monoisotopic (exact) mass is 237 g/mol. The number of carboxylic acids is 1. The van der Waals surface area contributed by atoms with Crippen molar-refractivity contribution in [3.05, 3.63) is 0 Å². The van der Waals surface area contributed by atoms with Gasteiger partial charge in [-0.15, -0.1) is 0 Å². The maximum absolute atomic E-state index is 12.1. The van der Waals surface area contributed by atoms with Gasteiger partial charge in [0.15, 0.2) is 0 Å². The summed E-state index contributed by atoms with van der Waals surface area (Å²) in [5.41, 5.74) is 0. The topological polar surface area (TPSA) is 57.6 Å². The molecular formula is C9H10F3NO3. The van der Waals surface area contributed by atoms with Gasteiger partial charge >= 0.3 is 18.1 Å². The lowest BCUT2D eigenvalue weighted by Gasteiger charge is -2.20. The van der Waals surface area contributed by atoms with Crippen LogP contribution in [0.4, 0.5) is 13.2 Å². The Morgan fingerprint density at radius 1 is 1.25 bits per heavy atom. The molecule has 0 aromatic carbocycles. The van der Waals surface area contributed by atoms with Gasteiger partial charge in [0.25, 0.3) is 0 Å². The Morgan fingerprint density at radius 2 is 1.75 bits per heavy atom. The molecule has 1 saturated carbocycles. The van der Waals surface area contributed by atoms with E-state index in [2.05, 4.69) is 0 Å². The van der Waals surface area contributed by atoms with Crippen LogP contribution in [0.2, 0.25) is 0 Å². The molecule has 90 valence electrons. The summed E-state index contributed by atoms with van der Waals surface area (Å²) in [7, 11) is 0. The first-order chi connectivity index (χ1) is 7.30. The predicted molar refractivity (Wildman–Crippen MR) is 45.4 cm³/mol. The number of likely N-dealkylation sites (tertiary alicyclic amines) is 1. The maximum atomic E-state index is 12.1. The Morgan fingerprint density at radius 3 is 2.12 bits per heavy atom. The van der Waals surface area contributed by atoms with Gasteiger partial charge < -0.3 is 10.0 Å². The predicted octanol–water partition coefficient (Wildman–Crippen LogP) is 0.728. The quantitative estimate of drug-likeness (QED) is 0.770. The highest BCUT2D eigenvalue weighted by Gasteiger charge is 2.59. The van der Waals surface area contributed by atoms with E-state index in [1.807, 2.05) is 0 Å². The van der Waals surface area contributed by atoms with Crippen molar-refractivity contribution >= 4 is 11.9 Å². The molecule has 1 amide bonds. The first kappa shape index (κ1) is 11.2. The smallest absolute Gasteiger partial charge is 0.471 e. The van der Waals surface area contributed by atoms with E-state index in [9.17, 15) is 22.8 Å². The molecule has 1 aliphatic carbocycles. The van der Waals surface area contributed by atoms with Crippen LogP contribution in [0, 0.1) is 17.8 Å². The Kier molecular flexibility index (Phi) is 2.36. The number of rotatable bonds is 2. The number of piperidine rings is 1. The van der Waals surface area contributed by atoms with Crippen LogP contribution in [0.15, 0.2) is 0 Å². The molecule has 2 rings (SSSR count). The van der Waals surface area contributed by atoms with Gasteiger partial charge in [-0.1, -0.05) is 0 Å². The minimum Gasteiger partial charge on any atom is -0.481 e. The maximum Gasteiger partial charge on any atom is 0.471 e. The van der Waals surface area contributed by atoms with Crippen molar-refractivity contribution in [2.24, 2.45) is 17.8 Å². The second kappa shape index (κ2) is 3.36. The summed E-state index contributed by atoms with van der Waals surface area (Å²) in [6.45, 7) is 0.0852. The molecule has 1 aliphatic heterocycles. The number of carbonyl (C=O) groups excluding carboxylic acids is 1. The van der Waals surface area contributed by atoms with Crippen LogP contribution in [-0.4, -0.2) is 41.1 Å². The summed E-state index contributed by atoms with van der Waals surface area (Å²) in [5, 5.41) is 8.52. The summed E-state index contributed by atoms with van der Waals surface area (Å²) in [6.07, 6.45) is -4.83. The van der Waals surface area contributed by atoms with Gasteiger partial charge in [0.05, 0.1) is 0 Å². The van der Waals surface area contributed by atoms with Crippen LogP contribution in [0.3, 0.4) is 0 Å². The van der Waals surface area contributed by atoms with E-state index < -0.39 is 18.1 Å². The van der Waals surface area contributed by atoms with Crippen molar-refractivity contribution in [2.45, 2.75) is 12.6 Å². The van der Waals surface area contributed by atoms with E-state index in [1.54, 1.807) is 0 Å². The van der Waals surface area contributed by atoms with Crippen molar-refractivity contribution in [2.75, 3.05) is 13.1 Å². The molecule has 7 heteroatoms. The Balaban J connectivity index is 1.86. The lowest BCUT2D eigenvalue weighted by Crippen LogP contribution is -2.41. The molecule has 4 nitrogen and oxygen atoms in total. The fourth-order valence-electron chi connectivity index (χ4n) is 2.50. The SMILES string of the molecule is O=C(O)CC1[C@H]2CN(C(=O)C(F)(F)F)C[C@@H]12. The zero-order valence-electron chi connectivity index (χ0n) is 8.20. The number of halogens is 3. The summed E-state index contributed by atoms with van der Waals surface area (Å²) in [5.74, 6) is -2.90. The van der Waals surface area contributed by atoms with Crippen LogP contribution in [0.1, 0.15) is 6.42 Å². The molecule has 1 saturated heterocycles. The second-order valence-corrected chi connectivity index (χ2v) is 4.30. The molecule has 1 N–H and O–H groups in total. The van der Waals surface area contributed by atoms with E-state index in [0.717, 1.165) is 4.90 Å². The van der Waals surface area contributed by atoms with Crippen LogP contribution >= 0.6 is 0 Å². The highest BCUT2D eigenvalue weighted by atomic mass is 19.4. The number of fused-ring (bicyclic) bond motifs is 1. The van der Waals surface area contributed by atoms with Gasteiger partial charge in [-0.2, -0.15) is 13.2 Å². The molecule has 1 heterocycles. The molecule has 2 aliphatic rings. The zero-order chi connectivity index (χ0) is 12.1. The fraction of sp³-hybridized carbons (Fsp3) is 0.778. The Hall–Kier alpha value is -1.27. The highest BCUT2D eigenvalue weighted by Crippen LogP contribution is 2.53. The number of amides is 1. The lowest BCUT2D eigenvalue weighted by atomic mass is 10.2. The third kappa shape index (κ3) is 1.85. The fourth-order valence-corrected chi connectivity index (χ4v) is 2.50. The summed E-state index contributed by atoms with van der Waals surface area (Å²) in [4.78, 5) is 22.0. The molecule has 3 atom stereocenters. The van der Waals surface area contributed by atoms with Crippen molar-refractivity contribution in [3.8, 4) is 0 Å². The lowest BCUT2D eigenvalue weighted by molar-refractivity contribution is -0.185. The minimum atomic E-state index is -4.82. The minimum absolute atomic E-state index is 0.0105. The molecule has 0 radical (unpaired) electrons. The van der Waals surface area contributed by atoms with Gasteiger partial charge in [-0.3, -0.25) is 9.59 Å². The molecule has 16 heavy (non-hydrogen) atoms. The molecule has 1 unspecified atom stereocenters. The van der Waals surface area contributed by atoms with E-state index in [4.69, 9.17) is 5.11 Å². The Labute approximate surface area is 89.0 Å². The normalized spacial score (nSPS) is 32.4. The third-order valence-corrected chi connectivity index (χ3v) is 3.31. The molecular weight excluding hydrogens is 227 g/mol. The van der Waals surface area contributed by atoms with Crippen molar-refractivity contribution in [1.82, 2.24) is 4.90 Å². The number of carboxylic acid groups (broad SMARTS) is 1. The standard InChI is InChI=1S/C9H10F3NO3/c10-9(11,12)8(16)13-2-5-4(1-7(14)15)6(5)3-13/h4-6H,1-3H2,(H,14,15)/t4?,5-,6+. The second-order valence-electron chi connectivity index (χ2n) is 4.30. The first-order valence-corrected chi connectivity index (χ1v) is 4.88. The molecule has 0 aromatic rings. The van der Waals surface area contributed by atoms with Crippen LogP contribution in [-0.2, 0) is 9.59 Å². The largest absolute Gasteiger partial charge is 0.481 e. The van der Waals surface area contributed by atoms with Crippen LogP contribution in [0.5, 0.6) is 0 Å². The van der Waals surface area contributed by atoms with E-state index in [-0.39, 0.29) is 37.3 Å². The number of hydrogen-bond donors (Lipinski definition) is 1. The number of alkyl halides is 3.